The number of imide groups is 1. The van der Waals surface area contributed by atoms with E-state index in [1.165, 1.54) is 27.4 Å². The molecule has 8 heteroatoms. The van der Waals surface area contributed by atoms with Gasteiger partial charge in [0.1, 0.15) is 11.4 Å². The minimum absolute atomic E-state index is 0.0965. The minimum atomic E-state index is -0.449. The van der Waals surface area contributed by atoms with E-state index in [0.29, 0.717) is 40.9 Å². The number of hydrogen-bond acceptors (Lipinski definition) is 7. The van der Waals surface area contributed by atoms with E-state index < -0.39 is 11.8 Å². The molecule has 1 aliphatic rings. The molecule has 0 aromatic heterocycles. The van der Waals surface area contributed by atoms with E-state index in [0.717, 1.165) is 11.3 Å². The molecule has 0 bridgehead atoms. The molecule has 0 unspecified atom stereocenters. The standard InChI is InChI=1S/C25H28N2O6/c1-6-12-27-24(28)21(16-8-10-18(11-9-16)33-13-7-2)22(25(27)29)26-17-14-19(30-3)23(32-5)20(15-17)31-4/h6,8-11,14-15,26H,1,7,12-13H2,2-5H3. The van der Waals surface area contributed by atoms with Crippen LogP contribution in [0.3, 0.4) is 0 Å². The van der Waals surface area contributed by atoms with Crippen LogP contribution in [0.15, 0.2) is 54.8 Å². The fourth-order valence-corrected chi connectivity index (χ4v) is 3.49. The van der Waals surface area contributed by atoms with Crippen molar-refractivity contribution in [3.63, 3.8) is 0 Å². The maximum absolute atomic E-state index is 13.2. The lowest BCUT2D eigenvalue weighted by atomic mass is 10.0. The number of amides is 2. The van der Waals surface area contributed by atoms with E-state index in [-0.39, 0.29) is 17.8 Å². The molecule has 8 nitrogen and oxygen atoms in total. The van der Waals surface area contributed by atoms with Gasteiger partial charge in [-0.2, -0.15) is 0 Å². The molecular formula is C25H28N2O6. The van der Waals surface area contributed by atoms with E-state index in [2.05, 4.69) is 11.9 Å². The number of carbonyl (C=O) groups is 2. The van der Waals surface area contributed by atoms with Crippen molar-refractivity contribution in [2.24, 2.45) is 0 Å². The van der Waals surface area contributed by atoms with Gasteiger partial charge in [-0.1, -0.05) is 25.1 Å². The Balaban J connectivity index is 2.06. The quantitative estimate of drug-likeness (QED) is 0.409. The van der Waals surface area contributed by atoms with Gasteiger partial charge < -0.3 is 24.3 Å². The third kappa shape index (κ3) is 4.79. The van der Waals surface area contributed by atoms with Crippen molar-refractivity contribution in [2.75, 3.05) is 39.8 Å². The first-order valence-corrected chi connectivity index (χ1v) is 10.5. The van der Waals surface area contributed by atoms with Crippen LogP contribution in [0, 0.1) is 0 Å². The Morgan fingerprint density at radius 3 is 2.12 bits per heavy atom. The zero-order valence-electron chi connectivity index (χ0n) is 19.3. The monoisotopic (exact) mass is 452 g/mol. The predicted molar refractivity (Wildman–Crippen MR) is 126 cm³/mol. The second-order valence-corrected chi connectivity index (χ2v) is 7.17. The molecule has 0 saturated carbocycles. The van der Waals surface area contributed by atoms with Gasteiger partial charge in [0, 0.05) is 24.4 Å². The Kier molecular flexibility index (Phi) is 7.61. The second-order valence-electron chi connectivity index (χ2n) is 7.17. The summed E-state index contributed by atoms with van der Waals surface area (Å²) in [4.78, 5) is 27.5. The van der Waals surface area contributed by atoms with Crippen LogP contribution in [0.1, 0.15) is 18.9 Å². The van der Waals surface area contributed by atoms with Crippen molar-refractivity contribution in [3.05, 3.63) is 60.3 Å². The summed E-state index contributed by atoms with van der Waals surface area (Å²) in [5.74, 6) is 1.09. The van der Waals surface area contributed by atoms with Crippen molar-refractivity contribution in [3.8, 4) is 23.0 Å². The largest absolute Gasteiger partial charge is 0.494 e. The average molecular weight is 453 g/mol. The van der Waals surface area contributed by atoms with Crippen LogP contribution in [0.5, 0.6) is 23.0 Å². The summed E-state index contributed by atoms with van der Waals surface area (Å²) >= 11 is 0. The maximum atomic E-state index is 13.2. The van der Waals surface area contributed by atoms with E-state index in [1.54, 1.807) is 36.4 Å². The first kappa shape index (κ1) is 23.7. The lowest BCUT2D eigenvalue weighted by Gasteiger charge is -2.16. The second kappa shape index (κ2) is 10.6. The number of anilines is 1. The lowest BCUT2D eigenvalue weighted by Crippen LogP contribution is -2.32. The van der Waals surface area contributed by atoms with Gasteiger partial charge in [-0.3, -0.25) is 14.5 Å². The Labute approximate surface area is 193 Å². The number of benzene rings is 2. The van der Waals surface area contributed by atoms with Gasteiger partial charge in [-0.15, -0.1) is 6.58 Å². The summed E-state index contributed by atoms with van der Waals surface area (Å²) in [6, 6.07) is 10.4. The first-order valence-electron chi connectivity index (χ1n) is 10.5. The van der Waals surface area contributed by atoms with Gasteiger partial charge in [0.15, 0.2) is 11.5 Å². The molecule has 33 heavy (non-hydrogen) atoms. The summed E-state index contributed by atoms with van der Waals surface area (Å²) in [6.45, 7) is 6.38. The predicted octanol–water partition coefficient (Wildman–Crippen LogP) is 3.88. The molecule has 3 rings (SSSR count). The molecule has 2 aromatic rings. The highest BCUT2D eigenvalue weighted by molar-refractivity contribution is 6.36. The number of carbonyl (C=O) groups excluding carboxylic acids is 2. The number of hydrogen-bond donors (Lipinski definition) is 1. The molecule has 0 atom stereocenters. The highest BCUT2D eigenvalue weighted by Crippen LogP contribution is 2.41. The third-order valence-electron chi connectivity index (χ3n) is 5.03. The maximum Gasteiger partial charge on any atom is 0.278 e. The van der Waals surface area contributed by atoms with Crippen LogP contribution in [-0.2, 0) is 9.59 Å². The average Bonchev–Trinajstić information content (AvgIpc) is 3.06. The van der Waals surface area contributed by atoms with Gasteiger partial charge in [-0.05, 0) is 24.1 Å². The van der Waals surface area contributed by atoms with Gasteiger partial charge >= 0.3 is 0 Å². The van der Waals surface area contributed by atoms with Crippen LogP contribution in [0.2, 0.25) is 0 Å². The molecule has 0 spiro atoms. The van der Waals surface area contributed by atoms with Crippen molar-refractivity contribution in [1.29, 1.82) is 0 Å². The highest BCUT2D eigenvalue weighted by Gasteiger charge is 2.38. The molecule has 174 valence electrons. The topological polar surface area (TPSA) is 86.3 Å². The Morgan fingerprint density at radius 1 is 0.970 bits per heavy atom. The van der Waals surface area contributed by atoms with E-state index in [4.69, 9.17) is 18.9 Å². The van der Waals surface area contributed by atoms with Gasteiger partial charge in [0.25, 0.3) is 11.8 Å². The zero-order chi connectivity index (χ0) is 24.0. The number of nitrogens with zero attached hydrogens (tertiary/aromatic N) is 1. The number of ether oxygens (including phenoxy) is 4. The molecule has 2 aromatic carbocycles. The van der Waals surface area contributed by atoms with E-state index in [9.17, 15) is 9.59 Å². The molecule has 1 aliphatic heterocycles. The first-order chi connectivity index (χ1) is 16.0. The molecule has 0 fully saturated rings. The number of rotatable bonds is 11. The van der Waals surface area contributed by atoms with Gasteiger partial charge in [0.05, 0.1) is 33.5 Å². The van der Waals surface area contributed by atoms with E-state index >= 15 is 0 Å². The zero-order valence-corrected chi connectivity index (χ0v) is 19.3. The van der Waals surface area contributed by atoms with Gasteiger partial charge in [-0.25, -0.2) is 0 Å². The van der Waals surface area contributed by atoms with Crippen molar-refractivity contribution < 1.29 is 28.5 Å². The van der Waals surface area contributed by atoms with E-state index in [1.807, 2.05) is 6.92 Å². The Morgan fingerprint density at radius 2 is 1.61 bits per heavy atom. The van der Waals surface area contributed by atoms with Crippen molar-refractivity contribution in [1.82, 2.24) is 4.90 Å². The summed E-state index contributed by atoms with van der Waals surface area (Å²) in [5.41, 5.74) is 1.51. The molecule has 0 saturated heterocycles. The van der Waals surface area contributed by atoms with Crippen LogP contribution < -0.4 is 24.3 Å². The Hall–Kier alpha value is -3.94. The third-order valence-corrected chi connectivity index (χ3v) is 5.03. The normalized spacial score (nSPS) is 13.3. The van der Waals surface area contributed by atoms with Crippen molar-refractivity contribution in [2.45, 2.75) is 13.3 Å². The SMILES string of the molecule is C=CCN1C(=O)C(Nc2cc(OC)c(OC)c(OC)c2)=C(c2ccc(OCCC)cc2)C1=O. The molecule has 1 N–H and O–H groups in total. The molecule has 1 heterocycles. The van der Waals surface area contributed by atoms with Crippen molar-refractivity contribution >= 4 is 23.1 Å². The molecule has 0 aliphatic carbocycles. The number of methoxy groups -OCH3 is 3. The molecule has 0 radical (unpaired) electrons. The lowest BCUT2D eigenvalue weighted by molar-refractivity contribution is -0.136. The molecular weight excluding hydrogens is 424 g/mol. The fourth-order valence-electron chi connectivity index (χ4n) is 3.49. The smallest absolute Gasteiger partial charge is 0.278 e. The fraction of sp³-hybridized carbons (Fsp3) is 0.280. The summed E-state index contributed by atoms with van der Waals surface area (Å²) in [7, 11) is 4.52. The molecule has 2 amide bonds. The Bertz CT molecular complexity index is 1050. The summed E-state index contributed by atoms with van der Waals surface area (Å²) in [5, 5.41) is 3.09. The van der Waals surface area contributed by atoms with Gasteiger partial charge in [0.2, 0.25) is 5.75 Å². The summed E-state index contributed by atoms with van der Waals surface area (Å²) in [6.07, 6.45) is 2.40. The van der Waals surface area contributed by atoms with Crippen LogP contribution in [-0.4, -0.2) is 51.2 Å². The van der Waals surface area contributed by atoms with Crippen LogP contribution >= 0.6 is 0 Å². The highest BCUT2D eigenvalue weighted by atomic mass is 16.5. The van der Waals surface area contributed by atoms with Crippen LogP contribution in [0.25, 0.3) is 5.57 Å². The van der Waals surface area contributed by atoms with Crippen LogP contribution in [0.4, 0.5) is 5.69 Å². The summed E-state index contributed by atoms with van der Waals surface area (Å²) < 4.78 is 21.8. The number of nitrogens with one attached hydrogen (secondary N) is 1. The minimum Gasteiger partial charge on any atom is -0.494 e.